The van der Waals surface area contributed by atoms with Crippen LogP contribution in [-0.4, -0.2) is 55.0 Å². The summed E-state index contributed by atoms with van der Waals surface area (Å²) in [5, 5.41) is 4.04. The van der Waals surface area contributed by atoms with Gasteiger partial charge in [-0.2, -0.15) is 11.8 Å². The molecule has 0 atom stereocenters. The van der Waals surface area contributed by atoms with Gasteiger partial charge in [0.1, 0.15) is 0 Å². The first-order chi connectivity index (χ1) is 17.3. The van der Waals surface area contributed by atoms with Crippen molar-refractivity contribution < 1.29 is 4.79 Å². The molecule has 36 heavy (non-hydrogen) atoms. The van der Waals surface area contributed by atoms with Gasteiger partial charge in [0.25, 0.3) is 0 Å². The standard InChI is InChI=1S/C30H44ClN3OS/c1-23(2)27-13-10-14-28(24(3)4)30(27)32-29(35)22-36-20-8-6-5-7-15-33-16-18-34(19-17-33)26-12-9-11-25(31)21-26/h9-14,21,23-24H,5-8,15-20,22H2,1-4H3,(H,32,35). The number of piperazine rings is 1. The van der Waals surface area contributed by atoms with Crippen molar-refractivity contribution >= 4 is 40.6 Å². The summed E-state index contributed by atoms with van der Waals surface area (Å²) in [6, 6.07) is 14.6. The number of halogens is 1. The largest absolute Gasteiger partial charge is 0.369 e. The number of carbonyl (C=O) groups is 1. The fourth-order valence-corrected chi connectivity index (χ4v) is 5.83. The lowest BCUT2D eigenvalue weighted by atomic mass is 9.92. The molecule has 2 aromatic rings. The molecule has 1 aliphatic heterocycles. The molecular formula is C30H44ClN3OS. The van der Waals surface area contributed by atoms with E-state index in [4.69, 9.17) is 11.6 Å². The van der Waals surface area contributed by atoms with Crippen molar-refractivity contribution in [2.24, 2.45) is 0 Å². The van der Waals surface area contributed by atoms with Crippen molar-refractivity contribution in [3.05, 3.63) is 58.6 Å². The number of carbonyl (C=O) groups excluding carboxylic acids is 1. The summed E-state index contributed by atoms with van der Waals surface area (Å²) >= 11 is 7.90. The van der Waals surface area contributed by atoms with Crippen molar-refractivity contribution in [3.8, 4) is 0 Å². The number of nitrogens with one attached hydrogen (secondary N) is 1. The van der Waals surface area contributed by atoms with Crippen LogP contribution >= 0.6 is 23.4 Å². The Morgan fingerprint density at radius 1 is 0.917 bits per heavy atom. The van der Waals surface area contributed by atoms with E-state index in [2.05, 4.69) is 73.1 Å². The summed E-state index contributed by atoms with van der Waals surface area (Å²) in [7, 11) is 0. The number of hydrogen-bond donors (Lipinski definition) is 1. The second-order valence-electron chi connectivity index (χ2n) is 10.4. The third kappa shape index (κ3) is 9.00. The zero-order valence-corrected chi connectivity index (χ0v) is 24.1. The minimum absolute atomic E-state index is 0.118. The van der Waals surface area contributed by atoms with Gasteiger partial charge in [-0.15, -0.1) is 0 Å². The first-order valence-corrected chi connectivity index (χ1v) is 15.1. The van der Waals surface area contributed by atoms with Crippen molar-refractivity contribution in [3.63, 3.8) is 0 Å². The van der Waals surface area contributed by atoms with Crippen molar-refractivity contribution in [2.45, 2.75) is 65.2 Å². The molecule has 0 radical (unpaired) electrons. The number of hydrogen-bond acceptors (Lipinski definition) is 4. The highest BCUT2D eigenvalue weighted by molar-refractivity contribution is 7.99. The van der Waals surface area contributed by atoms with Gasteiger partial charge in [-0.05, 0) is 66.3 Å². The summed E-state index contributed by atoms with van der Waals surface area (Å²) in [4.78, 5) is 17.7. The second-order valence-corrected chi connectivity index (χ2v) is 12.0. The molecule has 0 saturated carbocycles. The van der Waals surface area contributed by atoms with Gasteiger partial charge >= 0.3 is 0 Å². The zero-order chi connectivity index (χ0) is 25.9. The van der Waals surface area contributed by atoms with E-state index in [1.165, 1.54) is 49.0 Å². The van der Waals surface area contributed by atoms with Gasteiger partial charge < -0.3 is 10.2 Å². The Hall–Kier alpha value is -1.69. The van der Waals surface area contributed by atoms with E-state index in [0.29, 0.717) is 17.6 Å². The van der Waals surface area contributed by atoms with E-state index in [1.807, 2.05) is 12.1 Å². The Morgan fingerprint density at radius 2 is 1.56 bits per heavy atom. The lowest BCUT2D eigenvalue weighted by molar-refractivity contribution is -0.113. The average Bonchev–Trinajstić information content (AvgIpc) is 2.85. The van der Waals surface area contributed by atoms with Crippen LogP contribution in [0.25, 0.3) is 0 Å². The van der Waals surface area contributed by atoms with Crippen LogP contribution in [0.5, 0.6) is 0 Å². The molecule has 3 rings (SSSR count). The third-order valence-electron chi connectivity index (χ3n) is 6.93. The number of thioether (sulfide) groups is 1. The van der Waals surface area contributed by atoms with Crippen molar-refractivity contribution in [2.75, 3.05) is 54.4 Å². The Bertz CT molecular complexity index is 931. The minimum Gasteiger partial charge on any atom is -0.369 e. The van der Waals surface area contributed by atoms with Crippen LogP contribution in [0.4, 0.5) is 11.4 Å². The molecule has 1 fully saturated rings. The normalized spacial score (nSPS) is 14.6. The first-order valence-electron chi connectivity index (χ1n) is 13.6. The predicted octanol–water partition coefficient (Wildman–Crippen LogP) is 7.64. The molecule has 1 saturated heterocycles. The summed E-state index contributed by atoms with van der Waals surface area (Å²) in [6.45, 7) is 14.3. The molecule has 0 unspecified atom stereocenters. The lowest BCUT2D eigenvalue weighted by Gasteiger charge is -2.36. The van der Waals surface area contributed by atoms with E-state index in [0.717, 1.165) is 42.6 Å². The van der Waals surface area contributed by atoms with Gasteiger partial charge in [0, 0.05) is 42.6 Å². The van der Waals surface area contributed by atoms with Gasteiger partial charge in [0.2, 0.25) is 5.91 Å². The monoisotopic (exact) mass is 529 g/mol. The number of nitrogens with zero attached hydrogens (tertiary/aromatic N) is 2. The molecule has 2 aromatic carbocycles. The molecule has 1 N–H and O–H groups in total. The lowest BCUT2D eigenvalue weighted by Crippen LogP contribution is -2.46. The first kappa shape index (κ1) is 28.9. The molecule has 1 aliphatic rings. The van der Waals surface area contributed by atoms with Crippen LogP contribution in [0.1, 0.15) is 76.3 Å². The summed E-state index contributed by atoms with van der Waals surface area (Å²) in [5.41, 5.74) is 4.72. The molecular weight excluding hydrogens is 486 g/mol. The van der Waals surface area contributed by atoms with Crippen LogP contribution < -0.4 is 10.2 Å². The Kier molecular flexibility index (Phi) is 12.0. The van der Waals surface area contributed by atoms with Crippen LogP contribution in [0.2, 0.25) is 5.02 Å². The predicted molar refractivity (Wildman–Crippen MR) is 159 cm³/mol. The molecule has 4 nitrogen and oxygen atoms in total. The van der Waals surface area contributed by atoms with E-state index >= 15 is 0 Å². The summed E-state index contributed by atoms with van der Waals surface area (Å²) in [6.07, 6.45) is 4.94. The Balaban J connectivity index is 1.26. The maximum Gasteiger partial charge on any atom is 0.234 e. The topological polar surface area (TPSA) is 35.6 Å². The van der Waals surface area contributed by atoms with Gasteiger partial charge in [0.05, 0.1) is 5.75 Å². The molecule has 6 heteroatoms. The highest BCUT2D eigenvalue weighted by atomic mass is 35.5. The maximum absolute atomic E-state index is 12.7. The van der Waals surface area contributed by atoms with Crippen LogP contribution in [0, 0.1) is 0 Å². The van der Waals surface area contributed by atoms with Crippen molar-refractivity contribution in [1.29, 1.82) is 0 Å². The van der Waals surface area contributed by atoms with E-state index in [1.54, 1.807) is 11.8 Å². The van der Waals surface area contributed by atoms with Gasteiger partial charge in [-0.1, -0.05) is 76.4 Å². The zero-order valence-electron chi connectivity index (χ0n) is 22.6. The quantitative estimate of drug-likeness (QED) is 0.270. The average molecular weight is 530 g/mol. The molecule has 0 aliphatic carbocycles. The second kappa shape index (κ2) is 14.9. The highest BCUT2D eigenvalue weighted by Crippen LogP contribution is 2.32. The van der Waals surface area contributed by atoms with Gasteiger partial charge in [-0.25, -0.2) is 0 Å². The Labute approximate surface area is 228 Å². The van der Waals surface area contributed by atoms with Crippen LogP contribution in [-0.2, 0) is 4.79 Å². The van der Waals surface area contributed by atoms with E-state index < -0.39 is 0 Å². The van der Waals surface area contributed by atoms with E-state index in [-0.39, 0.29) is 5.91 Å². The number of para-hydroxylation sites is 1. The summed E-state index contributed by atoms with van der Waals surface area (Å²) in [5.74, 6) is 2.47. The molecule has 1 amide bonds. The number of benzene rings is 2. The number of rotatable bonds is 13. The van der Waals surface area contributed by atoms with E-state index in [9.17, 15) is 4.79 Å². The minimum atomic E-state index is 0.118. The van der Waals surface area contributed by atoms with Gasteiger partial charge in [-0.3, -0.25) is 9.69 Å². The molecule has 0 bridgehead atoms. The van der Waals surface area contributed by atoms with Crippen molar-refractivity contribution in [1.82, 2.24) is 4.90 Å². The number of amides is 1. The Morgan fingerprint density at radius 3 is 2.19 bits per heavy atom. The number of anilines is 2. The number of unbranched alkanes of at least 4 members (excludes halogenated alkanes) is 3. The highest BCUT2D eigenvalue weighted by Gasteiger charge is 2.17. The molecule has 198 valence electrons. The SMILES string of the molecule is CC(C)c1cccc(C(C)C)c1NC(=O)CSCCCCCCN1CCN(c2cccc(Cl)c2)CC1. The molecule has 1 heterocycles. The summed E-state index contributed by atoms with van der Waals surface area (Å²) < 4.78 is 0. The fraction of sp³-hybridized carbons (Fsp3) is 0.567. The fourth-order valence-electron chi connectivity index (χ4n) is 4.83. The van der Waals surface area contributed by atoms with Crippen LogP contribution in [0.3, 0.4) is 0 Å². The van der Waals surface area contributed by atoms with Crippen LogP contribution in [0.15, 0.2) is 42.5 Å². The third-order valence-corrected chi connectivity index (χ3v) is 8.21. The smallest absolute Gasteiger partial charge is 0.234 e. The van der Waals surface area contributed by atoms with Gasteiger partial charge in [0.15, 0.2) is 0 Å². The molecule has 0 spiro atoms. The molecule has 0 aromatic heterocycles. The maximum atomic E-state index is 12.7.